The SMILES string of the molecule is CCc1c(-c2ccccc2C)c(-c2ccccc2)c(N(C)c2cccc(/C(C)=N/c3c(C)ccc4ccccc34)c2)c2ccccc12. The van der Waals surface area contributed by atoms with Crippen LogP contribution in [0.25, 0.3) is 43.8 Å². The smallest absolute Gasteiger partial charge is 0.0740 e. The van der Waals surface area contributed by atoms with Crippen molar-refractivity contribution in [1.82, 2.24) is 0 Å². The van der Waals surface area contributed by atoms with Crippen LogP contribution in [0.4, 0.5) is 17.1 Å². The molecule has 0 saturated carbocycles. The highest BCUT2D eigenvalue weighted by molar-refractivity contribution is 6.12. The van der Waals surface area contributed by atoms with Crippen molar-refractivity contribution >= 4 is 44.3 Å². The van der Waals surface area contributed by atoms with Crippen LogP contribution in [0, 0.1) is 13.8 Å². The van der Waals surface area contributed by atoms with E-state index >= 15 is 0 Å². The first kappa shape index (κ1) is 30.2. The van der Waals surface area contributed by atoms with Crippen LogP contribution in [0.3, 0.4) is 0 Å². The summed E-state index contributed by atoms with van der Waals surface area (Å²) < 4.78 is 0. The number of nitrogens with zero attached hydrogens (tertiary/aromatic N) is 2. The molecule has 0 atom stereocenters. The number of benzene rings is 7. The Bertz CT molecular complexity index is 2280. The Labute approximate surface area is 278 Å². The molecule has 0 unspecified atom stereocenters. The van der Waals surface area contributed by atoms with E-state index in [1.807, 2.05) is 0 Å². The van der Waals surface area contributed by atoms with E-state index in [1.165, 1.54) is 66.2 Å². The minimum absolute atomic E-state index is 0.937. The average Bonchev–Trinajstić information content (AvgIpc) is 3.12. The van der Waals surface area contributed by atoms with Crippen LogP contribution in [-0.2, 0) is 6.42 Å². The fraction of sp³-hybridized carbons (Fsp3) is 0.133. The van der Waals surface area contributed by atoms with E-state index in [0.29, 0.717) is 0 Å². The van der Waals surface area contributed by atoms with E-state index in [-0.39, 0.29) is 0 Å². The fourth-order valence-corrected chi connectivity index (χ4v) is 7.06. The van der Waals surface area contributed by atoms with Crippen molar-refractivity contribution in [3.63, 3.8) is 0 Å². The second-order valence-corrected chi connectivity index (χ2v) is 12.4. The second kappa shape index (κ2) is 12.7. The fourth-order valence-electron chi connectivity index (χ4n) is 7.06. The van der Waals surface area contributed by atoms with Crippen LogP contribution in [0.1, 0.15) is 36.1 Å². The Hall–Kier alpha value is -5.47. The summed E-state index contributed by atoms with van der Waals surface area (Å²) in [5.41, 5.74) is 14.4. The number of hydrogen-bond acceptors (Lipinski definition) is 2. The first-order valence-electron chi connectivity index (χ1n) is 16.5. The van der Waals surface area contributed by atoms with Crippen LogP contribution in [0.15, 0.2) is 145 Å². The lowest BCUT2D eigenvalue weighted by atomic mass is 9.82. The summed E-state index contributed by atoms with van der Waals surface area (Å²) in [4.78, 5) is 7.61. The number of anilines is 2. The molecule has 0 aromatic heterocycles. The highest BCUT2D eigenvalue weighted by Gasteiger charge is 2.24. The van der Waals surface area contributed by atoms with Crippen molar-refractivity contribution in [1.29, 1.82) is 0 Å². The van der Waals surface area contributed by atoms with Crippen molar-refractivity contribution in [2.24, 2.45) is 4.99 Å². The molecule has 0 aliphatic carbocycles. The number of aryl methyl sites for hydroxylation is 3. The molecule has 0 radical (unpaired) electrons. The third-order valence-corrected chi connectivity index (χ3v) is 9.49. The van der Waals surface area contributed by atoms with Crippen molar-refractivity contribution in [3.05, 3.63) is 162 Å². The second-order valence-electron chi connectivity index (χ2n) is 12.4. The van der Waals surface area contributed by atoms with Gasteiger partial charge in [0.05, 0.1) is 11.4 Å². The summed E-state index contributed by atoms with van der Waals surface area (Å²) in [7, 11) is 2.21. The Kier molecular flexibility index (Phi) is 8.18. The van der Waals surface area contributed by atoms with Gasteiger partial charge in [-0.05, 0) is 89.0 Å². The zero-order valence-corrected chi connectivity index (χ0v) is 27.9. The first-order valence-corrected chi connectivity index (χ1v) is 16.5. The van der Waals surface area contributed by atoms with Gasteiger partial charge < -0.3 is 4.90 Å². The highest BCUT2D eigenvalue weighted by Crippen LogP contribution is 2.49. The van der Waals surface area contributed by atoms with Gasteiger partial charge in [-0.15, -0.1) is 0 Å². The lowest BCUT2D eigenvalue weighted by Gasteiger charge is -2.30. The summed E-state index contributed by atoms with van der Waals surface area (Å²) in [6.07, 6.45) is 0.937. The number of fused-ring (bicyclic) bond motifs is 2. The normalized spacial score (nSPS) is 11.7. The highest BCUT2D eigenvalue weighted by atomic mass is 15.1. The Morgan fingerprint density at radius 2 is 1.30 bits per heavy atom. The third-order valence-electron chi connectivity index (χ3n) is 9.49. The summed E-state index contributed by atoms with van der Waals surface area (Å²) >= 11 is 0. The van der Waals surface area contributed by atoms with Crippen LogP contribution >= 0.6 is 0 Å². The lowest BCUT2D eigenvalue weighted by Crippen LogP contribution is -2.14. The predicted octanol–water partition coefficient (Wildman–Crippen LogP) is 12.4. The van der Waals surface area contributed by atoms with E-state index in [0.717, 1.165) is 29.1 Å². The van der Waals surface area contributed by atoms with Gasteiger partial charge in [0.2, 0.25) is 0 Å². The molecule has 0 aliphatic heterocycles. The Morgan fingerprint density at radius 1 is 0.617 bits per heavy atom. The molecule has 0 aliphatic rings. The molecule has 7 rings (SSSR count). The van der Waals surface area contributed by atoms with Gasteiger partial charge in [-0.25, -0.2) is 0 Å². The van der Waals surface area contributed by atoms with Gasteiger partial charge in [0.25, 0.3) is 0 Å². The summed E-state index contributed by atoms with van der Waals surface area (Å²) in [6, 6.07) is 50.3. The van der Waals surface area contributed by atoms with E-state index in [1.54, 1.807) is 0 Å². The van der Waals surface area contributed by atoms with Crippen molar-refractivity contribution in [2.45, 2.75) is 34.1 Å². The van der Waals surface area contributed by atoms with Gasteiger partial charge in [-0.2, -0.15) is 0 Å². The molecular weight excluding hydrogens is 569 g/mol. The monoisotopic (exact) mass is 608 g/mol. The molecule has 2 nitrogen and oxygen atoms in total. The van der Waals surface area contributed by atoms with Gasteiger partial charge in [0.1, 0.15) is 0 Å². The summed E-state index contributed by atoms with van der Waals surface area (Å²) in [5, 5.41) is 4.94. The molecule has 0 bridgehead atoms. The van der Waals surface area contributed by atoms with Crippen LogP contribution < -0.4 is 4.90 Å². The molecule has 7 aromatic carbocycles. The van der Waals surface area contributed by atoms with E-state index < -0.39 is 0 Å². The molecule has 0 amide bonds. The first-order chi connectivity index (χ1) is 23.0. The molecule has 0 fully saturated rings. The zero-order chi connectivity index (χ0) is 32.5. The largest absolute Gasteiger partial charge is 0.344 e. The number of hydrogen-bond donors (Lipinski definition) is 0. The molecule has 0 heterocycles. The maximum atomic E-state index is 5.23. The predicted molar refractivity (Wildman–Crippen MR) is 204 cm³/mol. The minimum Gasteiger partial charge on any atom is -0.344 e. The van der Waals surface area contributed by atoms with Crippen LogP contribution in [0.5, 0.6) is 0 Å². The molecule has 0 spiro atoms. The van der Waals surface area contributed by atoms with Crippen molar-refractivity contribution in [2.75, 3.05) is 11.9 Å². The standard InChI is InChI=1S/C45H40N2/c1-6-37-40-25-14-15-26-41(40)45(42(34-19-8-7-9-20-34)43(37)38-23-12-10-17-30(38)2)47(5)36-22-16-21-35(29-36)32(4)46-44-31(3)27-28-33-18-11-13-24-39(33)44/h7-29H,6H2,1-5H3/b46-32+. The summed E-state index contributed by atoms with van der Waals surface area (Å²) in [5.74, 6) is 0. The van der Waals surface area contributed by atoms with Gasteiger partial charge in [-0.3, -0.25) is 4.99 Å². The molecule has 47 heavy (non-hydrogen) atoms. The van der Waals surface area contributed by atoms with E-state index in [4.69, 9.17) is 4.99 Å². The van der Waals surface area contributed by atoms with Gasteiger partial charge in [0, 0.05) is 34.8 Å². The number of aliphatic imine (C=N–C) groups is 1. The maximum absolute atomic E-state index is 5.23. The van der Waals surface area contributed by atoms with Gasteiger partial charge in [0.15, 0.2) is 0 Å². The molecule has 2 heteroatoms. The quantitative estimate of drug-likeness (QED) is 0.164. The third kappa shape index (κ3) is 5.51. The molecule has 230 valence electrons. The molecular formula is C45H40N2. The van der Waals surface area contributed by atoms with E-state index in [9.17, 15) is 0 Å². The minimum atomic E-state index is 0.937. The molecule has 0 N–H and O–H groups in total. The van der Waals surface area contributed by atoms with E-state index in [2.05, 4.69) is 179 Å². The van der Waals surface area contributed by atoms with Crippen LogP contribution in [-0.4, -0.2) is 12.8 Å². The van der Waals surface area contributed by atoms with Crippen molar-refractivity contribution in [3.8, 4) is 22.3 Å². The maximum Gasteiger partial charge on any atom is 0.0740 e. The van der Waals surface area contributed by atoms with Crippen molar-refractivity contribution < 1.29 is 0 Å². The summed E-state index contributed by atoms with van der Waals surface area (Å²) in [6.45, 7) is 8.78. The topological polar surface area (TPSA) is 15.6 Å². The van der Waals surface area contributed by atoms with Crippen LogP contribution in [0.2, 0.25) is 0 Å². The Morgan fingerprint density at radius 3 is 2.06 bits per heavy atom. The molecule has 7 aromatic rings. The average molecular weight is 609 g/mol. The molecule has 0 saturated heterocycles. The number of rotatable bonds is 7. The lowest BCUT2D eigenvalue weighted by molar-refractivity contribution is 1.15. The van der Waals surface area contributed by atoms with Gasteiger partial charge >= 0.3 is 0 Å². The zero-order valence-electron chi connectivity index (χ0n) is 27.9. The Balaban J connectivity index is 1.46. The van der Waals surface area contributed by atoms with Gasteiger partial charge in [-0.1, -0.05) is 134 Å².